The Morgan fingerprint density at radius 3 is 2.90 bits per heavy atom. The molecule has 0 bridgehead atoms. The van der Waals surface area contributed by atoms with Crippen LogP contribution in [0.15, 0.2) is 59.6 Å². The number of rotatable bonds is 3. The van der Waals surface area contributed by atoms with Gasteiger partial charge in [-0.3, -0.25) is 19.4 Å². The quantitative estimate of drug-likeness (QED) is 0.674. The molecule has 2 aliphatic heterocycles. The van der Waals surface area contributed by atoms with Gasteiger partial charge in [-0.25, -0.2) is 4.98 Å². The molecule has 0 spiro atoms. The van der Waals surface area contributed by atoms with Crippen LogP contribution in [0.1, 0.15) is 33.7 Å². The van der Waals surface area contributed by atoms with E-state index in [9.17, 15) is 14.4 Å². The molecule has 156 valence electrons. The Morgan fingerprint density at radius 1 is 1.23 bits per heavy atom. The van der Waals surface area contributed by atoms with Crippen LogP contribution >= 0.6 is 0 Å². The second-order valence-corrected chi connectivity index (χ2v) is 7.53. The van der Waals surface area contributed by atoms with E-state index in [-0.39, 0.29) is 29.5 Å². The van der Waals surface area contributed by atoms with Gasteiger partial charge < -0.3 is 20.0 Å². The Balaban J connectivity index is 1.37. The summed E-state index contributed by atoms with van der Waals surface area (Å²) in [5.74, 6) is -0.187. The predicted octanol–water partition coefficient (Wildman–Crippen LogP) is 2.09. The number of carbonyl (C=O) groups excluding carboxylic acids is 3. The van der Waals surface area contributed by atoms with E-state index in [1.54, 1.807) is 35.4 Å². The summed E-state index contributed by atoms with van der Waals surface area (Å²) in [4.78, 5) is 48.1. The second-order valence-electron chi connectivity index (χ2n) is 7.53. The van der Waals surface area contributed by atoms with Gasteiger partial charge >= 0.3 is 0 Å². The van der Waals surface area contributed by atoms with Crippen molar-refractivity contribution in [2.24, 2.45) is 0 Å². The molecule has 2 atom stereocenters. The minimum absolute atomic E-state index is 0.212. The number of anilines is 1. The number of piperidine rings is 1. The summed E-state index contributed by atoms with van der Waals surface area (Å²) in [7, 11) is 0. The van der Waals surface area contributed by atoms with Crippen LogP contribution in [0.4, 0.5) is 5.69 Å². The molecule has 0 aliphatic carbocycles. The zero-order chi connectivity index (χ0) is 21.4. The summed E-state index contributed by atoms with van der Waals surface area (Å²) in [5.41, 5.74) is 1.87. The van der Waals surface area contributed by atoms with E-state index in [1.807, 2.05) is 6.07 Å². The number of hydrogen-bond acceptors (Lipinski definition) is 6. The van der Waals surface area contributed by atoms with Gasteiger partial charge in [-0.1, -0.05) is 0 Å². The highest BCUT2D eigenvalue weighted by Gasteiger charge is 2.40. The van der Waals surface area contributed by atoms with Crippen LogP contribution in [0.2, 0.25) is 0 Å². The van der Waals surface area contributed by atoms with E-state index in [1.165, 1.54) is 18.6 Å². The van der Waals surface area contributed by atoms with E-state index in [2.05, 4.69) is 20.6 Å². The van der Waals surface area contributed by atoms with E-state index in [0.29, 0.717) is 36.4 Å². The lowest BCUT2D eigenvalue weighted by molar-refractivity contribution is -0.121. The standard InChI is InChI=1S/C22H19N5O4/c28-20(17-12-23-6-7-24-17)25-14-5-8-27-18(11-14)21(29)26-16-4-3-13(10-15(16)22(27)30)19-2-1-9-31-19/h1-4,6-7,9-10,12,14,18H,5,8,11H2,(H,25,28)(H,26,29). The van der Waals surface area contributed by atoms with Gasteiger partial charge in [-0.2, -0.15) is 0 Å². The van der Waals surface area contributed by atoms with Crippen molar-refractivity contribution in [2.75, 3.05) is 11.9 Å². The second kappa shape index (κ2) is 7.67. The number of furan rings is 1. The molecule has 1 saturated heterocycles. The van der Waals surface area contributed by atoms with Crippen LogP contribution < -0.4 is 10.6 Å². The summed E-state index contributed by atoms with van der Waals surface area (Å²) < 4.78 is 5.43. The van der Waals surface area contributed by atoms with E-state index in [4.69, 9.17) is 4.42 Å². The first kappa shape index (κ1) is 19.0. The fourth-order valence-corrected chi connectivity index (χ4v) is 4.06. The molecule has 2 aliphatic rings. The van der Waals surface area contributed by atoms with Crippen LogP contribution in [0.25, 0.3) is 11.3 Å². The fraction of sp³-hybridized carbons (Fsp3) is 0.227. The van der Waals surface area contributed by atoms with Crippen LogP contribution in [0, 0.1) is 0 Å². The highest BCUT2D eigenvalue weighted by Crippen LogP contribution is 2.32. The highest BCUT2D eigenvalue weighted by atomic mass is 16.3. The lowest BCUT2D eigenvalue weighted by atomic mass is 9.96. The Kier molecular flexibility index (Phi) is 4.70. The molecule has 1 aromatic carbocycles. The minimum atomic E-state index is -0.673. The van der Waals surface area contributed by atoms with Crippen molar-refractivity contribution in [3.8, 4) is 11.3 Å². The highest BCUT2D eigenvalue weighted by molar-refractivity contribution is 6.10. The first-order valence-corrected chi connectivity index (χ1v) is 9.97. The van der Waals surface area contributed by atoms with E-state index in [0.717, 1.165) is 5.56 Å². The van der Waals surface area contributed by atoms with Crippen molar-refractivity contribution in [1.82, 2.24) is 20.2 Å². The Bertz CT molecular complexity index is 1150. The molecule has 9 nitrogen and oxygen atoms in total. The molecule has 9 heteroatoms. The topological polar surface area (TPSA) is 117 Å². The maximum Gasteiger partial charge on any atom is 0.271 e. The average Bonchev–Trinajstić information content (AvgIpc) is 3.31. The van der Waals surface area contributed by atoms with Gasteiger partial charge in [0.25, 0.3) is 11.8 Å². The van der Waals surface area contributed by atoms with E-state index >= 15 is 0 Å². The lowest BCUT2D eigenvalue weighted by Gasteiger charge is -2.37. The molecule has 0 radical (unpaired) electrons. The third-order valence-corrected chi connectivity index (χ3v) is 5.61. The van der Waals surface area contributed by atoms with Gasteiger partial charge in [-0.15, -0.1) is 0 Å². The molecule has 1 fully saturated rings. The Morgan fingerprint density at radius 2 is 2.13 bits per heavy atom. The van der Waals surface area contributed by atoms with Crippen LogP contribution in [-0.2, 0) is 4.79 Å². The zero-order valence-corrected chi connectivity index (χ0v) is 16.4. The van der Waals surface area contributed by atoms with E-state index < -0.39 is 6.04 Å². The summed E-state index contributed by atoms with van der Waals surface area (Å²) in [5, 5.41) is 5.76. The number of carbonyl (C=O) groups is 3. The molecule has 2 aromatic heterocycles. The monoisotopic (exact) mass is 417 g/mol. The number of aromatic nitrogens is 2. The van der Waals surface area contributed by atoms with Gasteiger partial charge in [0.1, 0.15) is 17.5 Å². The largest absolute Gasteiger partial charge is 0.464 e. The minimum Gasteiger partial charge on any atom is -0.464 e. The smallest absolute Gasteiger partial charge is 0.271 e. The first-order valence-electron chi connectivity index (χ1n) is 9.97. The number of amides is 3. The predicted molar refractivity (Wildman–Crippen MR) is 110 cm³/mol. The molecule has 2 unspecified atom stereocenters. The Labute approximate surface area is 177 Å². The van der Waals surface area contributed by atoms with Gasteiger partial charge in [0.2, 0.25) is 5.91 Å². The lowest BCUT2D eigenvalue weighted by Crippen LogP contribution is -2.55. The summed E-state index contributed by atoms with van der Waals surface area (Å²) in [6.45, 7) is 0.354. The molecule has 3 aromatic rings. The van der Waals surface area contributed by atoms with Crippen molar-refractivity contribution in [3.63, 3.8) is 0 Å². The normalized spacial score (nSPS) is 20.3. The molecule has 5 rings (SSSR count). The molecule has 31 heavy (non-hydrogen) atoms. The SMILES string of the molecule is O=C(NC1CCN2C(=O)c3cc(-c4ccco4)ccc3NC(=O)C2C1)c1cnccn1. The average molecular weight is 417 g/mol. The number of nitrogens with zero attached hydrogens (tertiary/aromatic N) is 3. The zero-order valence-electron chi connectivity index (χ0n) is 16.4. The molecular formula is C22H19N5O4. The third kappa shape index (κ3) is 3.54. The van der Waals surface area contributed by atoms with Crippen molar-refractivity contribution in [1.29, 1.82) is 0 Å². The first-order chi connectivity index (χ1) is 15.1. The van der Waals surface area contributed by atoms with Crippen molar-refractivity contribution < 1.29 is 18.8 Å². The molecule has 2 N–H and O–H groups in total. The number of hydrogen-bond donors (Lipinski definition) is 2. The fourth-order valence-electron chi connectivity index (χ4n) is 4.06. The number of nitrogens with one attached hydrogen (secondary N) is 2. The van der Waals surface area contributed by atoms with Crippen LogP contribution in [0.5, 0.6) is 0 Å². The van der Waals surface area contributed by atoms with Crippen LogP contribution in [0.3, 0.4) is 0 Å². The van der Waals surface area contributed by atoms with Gasteiger partial charge in [0.05, 0.1) is 23.7 Å². The molecule has 0 saturated carbocycles. The third-order valence-electron chi connectivity index (χ3n) is 5.61. The summed E-state index contributed by atoms with van der Waals surface area (Å²) >= 11 is 0. The van der Waals surface area contributed by atoms with Crippen LogP contribution in [-0.4, -0.2) is 51.2 Å². The maximum absolute atomic E-state index is 13.3. The summed E-state index contributed by atoms with van der Waals surface area (Å²) in [6.07, 6.45) is 6.76. The molecule has 3 amide bonds. The molecule has 4 heterocycles. The van der Waals surface area contributed by atoms with Crippen molar-refractivity contribution in [3.05, 3.63) is 66.4 Å². The number of fused-ring (bicyclic) bond motifs is 2. The Hall–Kier alpha value is -4.01. The van der Waals surface area contributed by atoms with Gasteiger partial charge in [-0.05, 0) is 43.2 Å². The molecular weight excluding hydrogens is 398 g/mol. The number of benzene rings is 1. The van der Waals surface area contributed by atoms with Crippen molar-refractivity contribution >= 4 is 23.4 Å². The van der Waals surface area contributed by atoms with Gasteiger partial charge in [0.15, 0.2) is 0 Å². The van der Waals surface area contributed by atoms with Crippen molar-refractivity contribution in [2.45, 2.75) is 24.9 Å². The summed E-state index contributed by atoms with van der Waals surface area (Å²) in [6, 6.07) is 7.92. The van der Waals surface area contributed by atoms with Gasteiger partial charge in [0, 0.05) is 30.5 Å². The maximum atomic E-state index is 13.3.